The van der Waals surface area contributed by atoms with Crippen molar-refractivity contribution in [3.05, 3.63) is 23.8 Å². The average molecular weight is 316 g/mol. The van der Waals surface area contributed by atoms with Gasteiger partial charge >= 0.3 is 11.8 Å². The van der Waals surface area contributed by atoms with E-state index in [4.69, 9.17) is 4.74 Å². The normalized spacial score (nSPS) is 22.8. The summed E-state index contributed by atoms with van der Waals surface area (Å²) < 4.78 is 5.44. The maximum Gasteiger partial charge on any atom is 0.313 e. The molecule has 3 rings (SSSR count). The SMILES string of the molecule is CC[C@H]1CCC[C@H](NC(=O)C(=O)Nc2ccc3c(c2)CCO3)C1. The van der Waals surface area contributed by atoms with Crippen molar-refractivity contribution in [1.29, 1.82) is 0 Å². The predicted molar refractivity (Wildman–Crippen MR) is 88.5 cm³/mol. The summed E-state index contributed by atoms with van der Waals surface area (Å²) in [5.41, 5.74) is 1.71. The van der Waals surface area contributed by atoms with E-state index in [9.17, 15) is 9.59 Å². The van der Waals surface area contributed by atoms with Gasteiger partial charge in [0.1, 0.15) is 5.75 Å². The van der Waals surface area contributed by atoms with Gasteiger partial charge in [-0.15, -0.1) is 0 Å². The van der Waals surface area contributed by atoms with Crippen LogP contribution in [0.15, 0.2) is 18.2 Å². The number of amides is 2. The van der Waals surface area contributed by atoms with Gasteiger partial charge in [-0.1, -0.05) is 26.2 Å². The number of benzene rings is 1. The molecule has 2 aliphatic rings. The summed E-state index contributed by atoms with van der Waals surface area (Å²) in [5, 5.41) is 5.56. The zero-order chi connectivity index (χ0) is 16.2. The lowest BCUT2D eigenvalue weighted by molar-refractivity contribution is -0.136. The number of carbonyl (C=O) groups is 2. The molecule has 0 unspecified atom stereocenters. The van der Waals surface area contributed by atoms with Crippen LogP contribution in [0.5, 0.6) is 5.75 Å². The first-order valence-electron chi connectivity index (χ1n) is 8.53. The van der Waals surface area contributed by atoms with Gasteiger partial charge < -0.3 is 15.4 Å². The number of anilines is 1. The van der Waals surface area contributed by atoms with Crippen molar-refractivity contribution in [2.75, 3.05) is 11.9 Å². The first-order chi connectivity index (χ1) is 11.2. The highest BCUT2D eigenvalue weighted by atomic mass is 16.5. The first kappa shape index (κ1) is 15.8. The Labute approximate surface area is 136 Å². The Hall–Kier alpha value is -2.04. The molecular formula is C18H24N2O3. The summed E-state index contributed by atoms with van der Waals surface area (Å²) in [6.45, 7) is 2.85. The van der Waals surface area contributed by atoms with E-state index in [1.807, 2.05) is 12.1 Å². The molecule has 0 saturated heterocycles. The molecule has 2 amide bonds. The minimum atomic E-state index is -0.595. The van der Waals surface area contributed by atoms with Crippen LogP contribution in [0.4, 0.5) is 5.69 Å². The summed E-state index contributed by atoms with van der Waals surface area (Å²) in [5.74, 6) is 0.389. The number of carbonyl (C=O) groups excluding carboxylic acids is 2. The van der Waals surface area contributed by atoms with Crippen LogP contribution in [0.25, 0.3) is 0 Å². The second-order valence-corrected chi connectivity index (χ2v) is 6.49. The van der Waals surface area contributed by atoms with Crippen LogP contribution in [-0.2, 0) is 16.0 Å². The van der Waals surface area contributed by atoms with Crippen LogP contribution < -0.4 is 15.4 Å². The second kappa shape index (κ2) is 7.02. The van der Waals surface area contributed by atoms with Crippen molar-refractivity contribution in [2.45, 2.75) is 51.5 Å². The van der Waals surface area contributed by atoms with E-state index in [1.165, 1.54) is 6.42 Å². The van der Waals surface area contributed by atoms with E-state index in [2.05, 4.69) is 17.6 Å². The van der Waals surface area contributed by atoms with Crippen LogP contribution in [0.3, 0.4) is 0 Å². The smallest absolute Gasteiger partial charge is 0.313 e. The van der Waals surface area contributed by atoms with Gasteiger partial charge in [-0.25, -0.2) is 0 Å². The molecule has 1 fully saturated rings. The Balaban J connectivity index is 1.54. The van der Waals surface area contributed by atoms with E-state index < -0.39 is 11.8 Å². The molecule has 1 aliphatic heterocycles. The van der Waals surface area contributed by atoms with E-state index >= 15 is 0 Å². The second-order valence-electron chi connectivity index (χ2n) is 6.49. The molecule has 0 spiro atoms. The highest BCUT2D eigenvalue weighted by Crippen LogP contribution is 2.28. The Morgan fingerprint density at radius 1 is 1.26 bits per heavy atom. The molecule has 0 bridgehead atoms. The largest absolute Gasteiger partial charge is 0.493 e. The fraction of sp³-hybridized carbons (Fsp3) is 0.556. The number of rotatable bonds is 3. The molecule has 1 saturated carbocycles. The van der Waals surface area contributed by atoms with Gasteiger partial charge in [-0.2, -0.15) is 0 Å². The molecule has 0 aromatic heterocycles. The predicted octanol–water partition coefficient (Wildman–Crippen LogP) is 2.65. The lowest BCUT2D eigenvalue weighted by Crippen LogP contribution is -2.43. The molecule has 0 radical (unpaired) electrons. The van der Waals surface area contributed by atoms with E-state index in [1.54, 1.807) is 6.07 Å². The third-order valence-corrected chi connectivity index (χ3v) is 4.85. The Morgan fingerprint density at radius 3 is 2.96 bits per heavy atom. The summed E-state index contributed by atoms with van der Waals surface area (Å²) in [7, 11) is 0. The Bertz CT molecular complexity index is 600. The summed E-state index contributed by atoms with van der Waals surface area (Å²) in [6.07, 6.45) is 6.26. The number of hydrogen-bond donors (Lipinski definition) is 2. The van der Waals surface area contributed by atoms with Gasteiger partial charge in [0.2, 0.25) is 0 Å². The molecule has 23 heavy (non-hydrogen) atoms. The number of nitrogens with one attached hydrogen (secondary N) is 2. The molecule has 1 aliphatic carbocycles. The zero-order valence-electron chi connectivity index (χ0n) is 13.6. The quantitative estimate of drug-likeness (QED) is 0.843. The standard InChI is InChI=1S/C18H24N2O3/c1-2-12-4-3-5-14(10-12)19-17(21)18(22)20-15-6-7-16-13(11-15)8-9-23-16/h6-7,11-12,14H,2-5,8-10H2,1H3,(H,19,21)(H,20,22)/t12-,14-/m0/s1. The van der Waals surface area contributed by atoms with Gasteiger partial charge in [0.15, 0.2) is 0 Å². The van der Waals surface area contributed by atoms with Crippen LogP contribution in [-0.4, -0.2) is 24.5 Å². The number of ether oxygens (including phenoxy) is 1. The molecular weight excluding hydrogens is 292 g/mol. The molecule has 5 nitrogen and oxygen atoms in total. The maximum atomic E-state index is 12.1. The molecule has 1 aromatic carbocycles. The molecule has 2 atom stereocenters. The summed E-state index contributed by atoms with van der Waals surface area (Å²) in [6, 6.07) is 5.60. The zero-order valence-corrected chi connectivity index (χ0v) is 13.6. The summed E-state index contributed by atoms with van der Waals surface area (Å²) in [4.78, 5) is 24.2. The lowest BCUT2D eigenvalue weighted by atomic mass is 9.84. The number of hydrogen-bond acceptors (Lipinski definition) is 3. The van der Waals surface area contributed by atoms with Crippen LogP contribution >= 0.6 is 0 Å². The average Bonchev–Trinajstić information content (AvgIpc) is 3.02. The first-order valence-corrected chi connectivity index (χ1v) is 8.53. The van der Waals surface area contributed by atoms with Crippen molar-refractivity contribution >= 4 is 17.5 Å². The van der Waals surface area contributed by atoms with Gasteiger partial charge in [-0.05, 0) is 42.5 Å². The van der Waals surface area contributed by atoms with Gasteiger partial charge in [0.05, 0.1) is 6.61 Å². The van der Waals surface area contributed by atoms with E-state index in [0.29, 0.717) is 18.2 Å². The number of fused-ring (bicyclic) bond motifs is 1. The van der Waals surface area contributed by atoms with E-state index in [0.717, 1.165) is 43.4 Å². The highest BCUT2D eigenvalue weighted by Gasteiger charge is 2.24. The minimum Gasteiger partial charge on any atom is -0.493 e. The van der Waals surface area contributed by atoms with Gasteiger partial charge in [0.25, 0.3) is 0 Å². The van der Waals surface area contributed by atoms with Gasteiger partial charge in [-0.3, -0.25) is 9.59 Å². The fourth-order valence-corrected chi connectivity index (χ4v) is 3.50. The fourth-order valence-electron chi connectivity index (χ4n) is 3.50. The molecule has 5 heteroatoms. The van der Waals surface area contributed by atoms with Crippen molar-refractivity contribution in [2.24, 2.45) is 5.92 Å². The maximum absolute atomic E-state index is 12.1. The lowest BCUT2D eigenvalue weighted by Gasteiger charge is -2.28. The van der Waals surface area contributed by atoms with Gasteiger partial charge in [0, 0.05) is 18.2 Å². The summed E-state index contributed by atoms with van der Waals surface area (Å²) >= 11 is 0. The molecule has 2 N–H and O–H groups in total. The third-order valence-electron chi connectivity index (χ3n) is 4.85. The highest BCUT2D eigenvalue weighted by molar-refractivity contribution is 6.39. The Kier molecular flexibility index (Phi) is 4.84. The Morgan fingerprint density at radius 2 is 2.13 bits per heavy atom. The molecule has 1 heterocycles. The third kappa shape index (κ3) is 3.84. The van der Waals surface area contributed by atoms with E-state index in [-0.39, 0.29) is 6.04 Å². The molecule has 1 aromatic rings. The topological polar surface area (TPSA) is 67.4 Å². The molecule has 124 valence electrons. The van der Waals surface area contributed by atoms with Crippen molar-refractivity contribution in [3.8, 4) is 5.75 Å². The van der Waals surface area contributed by atoms with Crippen molar-refractivity contribution in [3.63, 3.8) is 0 Å². The van der Waals surface area contributed by atoms with Crippen molar-refractivity contribution < 1.29 is 14.3 Å². The van der Waals surface area contributed by atoms with Crippen LogP contribution in [0, 0.1) is 5.92 Å². The minimum absolute atomic E-state index is 0.125. The van der Waals surface area contributed by atoms with Crippen LogP contribution in [0.1, 0.15) is 44.6 Å². The monoisotopic (exact) mass is 316 g/mol. The van der Waals surface area contributed by atoms with Crippen LogP contribution in [0.2, 0.25) is 0 Å². The van der Waals surface area contributed by atoms with Crippen molar-refractivity contribution in [1.82, 2.24) is 5.32 Å².